The van der Waals surface area contributed by atoms with Crippen LogP contribution in [0.2, 0.25) is 0 Å². The summed E-state index contributed by atoms with van der Waals surface area (Å²) in [6.45, 7) is 2.08. The van der Waals surface area contributed by atoms with Crippen LogP contribution in [0.15, 0.2) is 41.0 Å². The fourth-order valence-electron chi connectivity index (χ4n) is 2.91. The van der Waals surface area contributed by atoms with Crippen LogP contribution in [0.25, 0.3) is 0 Å². The van der Waals surface area contributed by atoms with Gasteiger partial charge in [0.1, 0.15) is 5.82 Å². The lowest BCUT2D eigenvalue weighted by Gasteiger charge is -2.13. The lowest BCUT2D eigenvalue weighted by atomic mass is 10.1. The molecule has 1 aromatic heterocycles. The first kappa shape index (κ1) is 20.7. The van der Waals surface area contributed by atoms with Crippen LogP contribution in [0.3, 0.4) is 0 Å². The maximum Gasteiger partial charge on any atom is 0.338 e. The average molecular weight is 460 g/mol. The smallest absolute Gasteiger partial charge is 0.338 e. The number of benzene rings is 1. The van der Waals surface area contributed by atoms with Gasteiger partial charge in [0.2, 0.25) is 5.91 Å². The Balaban J connectivity index is 1.53. The summed E-state index contributed by atoms with van der Waals surface area (Å²) in [5.74, 6) is -1.33. The van der Waals surface area contributed by atoms with E-state index in [-0.39, 0.29) is 48.7 Å². The maximum atomic E-state index is 12.4. The Morgan fingerprint density at radius 2 is 1.90 bits per heavy atom. The van der Waals surface area contributed by atoms with Crippen molar-refractivity contribution >= 4 is 45.4 Å². The molecule has 0 bridgehead atoms. The van der Waals surface area contributed by atoms with E-state index < -0.39 is 5.97 Å². The number of carbonyl (C=O) groups excluding carboxylic acids is 4. The standard InChI is InChI=1S/C20H18BrN3O5/c1-2-29-20(28)12-7-8-22-16(10-12)23-17(25)4-3-9-24-18(26)14-6-5-13(21)11-15(14)19(24)27/h5-8,10-11H,2-4,9H2,1H3,(H,22,23,25). The molecule has 29 heavy (non-hydrogen) atoms. The zero-order valence-corrected chi connectivity index (χ0v) is 17.2. The Labute approximate surface area is 175 Å². The van der Waals surface area contributed by atoms with Crippen molar-refractivity contribution < 1.29 is 23.9 Å². The van der Waals surface area contributed by atoms with Crippen molar-refractivity contribution in [2.75, 3.05) is 18.5 Å². The average Bonchev–Trinajstić information content (AvgIpc) is 2.92. The van der Waals surface area contributed by atoms with E-state index in [1.807, 2.05) is 0 Å². The van der Waals surface area contributed by atoms with Crippen molar-refractivity contribution in [1.29, 1.82) is 0 Å². The molecule has 150 valence electrons. The number of fused-ring (bicyclic) bond motifs is 1. The third-order valence-electron chi connectivity index (χ3n) is 4.26. The number of imide groups is 1. The topological polar surface area (TPSA) is 106 Å². The van der Waals surface area contributed by atoms with Crippen molar-refractivity contribution in [1.82, 2.24) is 9.88 Å². The van der Waals surface area contributed by atoms with Gasteiger partial charge < -0.3 is 10.1 Å². The van der Waals surface area contributed by atoms with Gasteiger partial charge >= 0.3 is 5.97 Å². The molecule has 1 aromatic carbocycles. The van der Waals surface area contributed by atoms with Gasteiger partial charge in [0.25, 0.3) is 11.8 Å². The van der Waals surface area contributed by atoms with Gasteiger partial charge in [-0.1, -0.05) is 15.9 Å². The Morgan fingerprint density at radius 1 is 1.14 bits per heavy atom. The van der Waals surface area contributed by atoms with Crippen LogP contribution in [0.4, 0.5) is 5.82 Å². The number of nitrogens with one attached hydrogen (secondary N) is 1. The molecule has 0 saturated heterocycles. The Kier molecular flexibility index (Phi) is 6.38. The summed E-state index contributed by atoms with van der Waals surface area (Å²) in [5.41, 5.74) is 1.01. The van der Waals surface area contributed by atoms with Crippen LogP contribution in [0.5, 0.6) is 0 Å². The monoisotopic (exact) mass is 459 g/mol. The number of hydrogen-bond acceptors (Lipinski definition) is 6. The second kappa shape index (κ2) is 8.95. The highest BCUT2D eigenvalue weighted by Crippen LogP contribution is 2.26. The molecule has 1 N–H and O–H groups in total. The molecule has 0 saturated carbocycles. The van der Waals surface area contributed by atoms with Crippen molar-refractivity contribution in [2.45, 2.75) is 19.8 Å². The van der Waals surface area contributed by atoms with Crippen LogP contribution in [0, 0.1) is 0 Å². The zero-order chi connectivity index (χ0) is 21.0. The molecule has 0 unspecified atom stereocenters. The second-order valence-electron chi connectivity index (χ2n) is 6.25. The highest BCUT2D eigenvalue weighted by atomic mass is 79.9. The number of carbonyl (C=O) groups is 4. The number of halogens is 1. The molecule has 3 amide bonds. The molecular weight excluding hydrogens is 442 g/mol. The number of rotatable bonds is 7. The maximum absolute atomic E-state index is 12.4. The van der Waals surface area contributed by atoms with E-state index in [1.54, 1.807) is 25.1 Å². The first-order valence-electron chi connectivity index (χ1n) is 8.99. The summed E-state index contributed by atoms with van der Waals surface area (Å²) in [7, 11) is 0. The van der Waals surface area contributed by atoms with Crippen molar-refractivity contribution in [3.05, 3.63) is 57.7 Å². The first-order chi connectivity index (χ1) is 13.9. The second-order valence-corrected chi connectivity index (χ2v) is 7.17. The number of nitrogens with zero attached hydrogens (tertiary/aromatic N) is 2. The van der Waals surface area contributed by atoms with Crippen LogP contribution < -0.4 is 5.32 Å². The van der Waals surface area contributed by atoms with Crippen LogP contribution >= 0.6 is 15.9 Å². The molecule has 1 aliphatic heterocycles. The summed E-state index contributed by atoms with van der Waals surface area (Å²) in [6.07, 6.45) is 1.79. The van der Waals surface area contributed by atoms with Crippen molar-refractivity contribution in [3.8, 4) is 0 Å². The van der Waals surface area contributed by atoms with Gasteiger partial charge in [-0.2, -0.15) is 0 Å². The molecular formula is C20H18BrN3O5. The molecule has 9 heteroatoms. The van der Waals surface area contributed by atoms with Gasteiger partial charge in [0, 0.05) is 23.6 Å². The third-order valence-corrected chi connectivity index (χ3v) is 4.75. The molecule has 1 aliphatic rings. The number of pyridine rings is 1. The molecule has 0 atom stereocenters. The Morgan fingerprint density at radius 3 is 2.66 bits per heavy atom. The zero-order valence-electron chi connectivity index (χ0n) is 15.6. The Hall–Kier alpha value is -3.07. The van der Waals surface area contributed by atoms with Gasteiger partial charge in [-0.05, 0) is 43.7 Å². The molecule has 8 nitrogen and oxygen atoms in total. The predicted octanol–water partition coefficient (Wildman–Crippen LogP) is 3.04. The molecule has 0 radical (unpaired) electrons. The molecule has 3 rings (SSSR count). The lowest BCUT2D eigenvalue weighted by molar-refractivity contribution is -0.116. The quantitative estimate of drug-likeness (QED) is 0.503. The fourth-order valence-corrected chi connectivity index (χ4v) is 3.27. The number of anilines is 1. The summed E-state index contributed by atoms with van der Waals surface area (Å²) >= 11 is 3.29. The summed E-state index contributed by atoms with van der Waals surface area (Å²) in [5, 5.41) is 2.60. The van der Waals surface area contributed by atoms with E-state index in [0.29, 0.717) is 17.5 Å². The van der Waals surface area contributed by atoms with Crippen molar-refractivity contribution in [3.63, 3.8) is 0 Å². The first-order valence-corrected chi connectivity index (χ1v) is 9.78. The van der Waals surface area contributed by atoms with Crippen LogP contribution in [-0.4, -0.2) is 46.7 Å². The molecule has 0 aliphatic carbocycles. The van der Waals surface area contributed by atoms with Gasteiger partial charge in [0.15, 0.2) is 0 Å². The number of amides is 3. The highest BCUT2D eigenvalue weighted by molar-refractivity contribution is 9.10. The van der Waals surface area contributed by atoms with Crippen LogP contribution in [-0.2, 0) is 9.53 Å². The summed E-state index contributed by atoms with van der Waals surface area (Å²) in [4.78, 5) is 53.8. The minimum absolute atomic E-state index is 0.0857. The fraction of sp³-hybridized carbons (Fsp3) is 0.250. The van der Waals surface area contributed by atoms with Gasteiger partial charge in [0.05, 0.1) is 23.3 Å². The van der Waals surface area contributed by atoms with E-state index in [2.05, 4.69) is 26.2 Å². The minimum Gasteiger partial charge on any atom is -0.462 e. The number of esters is 1. The minimum atomic E-state index is -0.498. The van der Waals surface area contributed by atoms with Gasteiger partial charge in [-0.15, -0.1) is 0 Å². The highest BCUT2D eigenvalue weighted by Gasteiger charge is 2.35. The van der Waals surface area contributed by atoms with E-state index in [1.165, 1.54) is 18.3 Å². The molecule has 0 spiro atoms. The van der Waals surface area contributed by atoms with E-state index in [4.69, 9.17) is 4.74 Å². The number of ether oxygens (including phenoxy) is 1. The molecule has 0 fully saturated rings. The number of aromatic nitrogens is 1. The van der Waals surface area contributed by atoms with E-state index in [9.17, 15) is 19.2 Å². The third kappa shape index (κ3) is 4.68. The van der Waals surface area contributed by atoms with Crippen LogP contribution in [0.1, 0.15) is 50.8 Å². The van der Waals surface area contributed by atoms with E-state index in [0.717, 1.165) is 9.37 Å². The summed E-state index contributed by atoms with van der Waals surface area (Å²) in [6, 6.07) is 7.85. The predicted molar refractivity (Wildman–Crippen MR) is 108 cm³/mol. The van der Waals surface area contributed by atoms with Gasteiger partial charge in [-0.25, -0.2) is 9.78 Å². The molecule has 2 heterocycles. The van der Waals surface area contributed by atoms with Gasteiger partial charge in [-0.3, -0.25) is 19.3 Å². The lowest BCUT2D eigenvalue weighted by Crippen LogP contribution is -2.31. The van der Waals surface area contributed by atoms with Crippen molar-refractivity contribution in [2.24, 2.45) is 0 Å². The normalized spacial score (nSPS) is 12.7. The largest absolute Gasteiger partial charge is 0.462 e. The Bertz CT molecular complexity index is 992. The summed E-state index contributed by atoms with van der Waals surface area (Å²) < 4.78 is 5.63. The number of hydrogen-bond donors (Lipinski definition) is 1. The SMILES string of the molecule is CCOC(=O)c1ccnc(NC(=O)CCCN2C(=O)c3ccc(Br)cc3C2=O)c1. The van der Waals surface area contributed by atoms with E-state index >= 15 is 0 Å². The molecule has 2 aromatic rings.